The molecule has 0 radical (unpaired) electrons. The van der Waals surface area contributed by atoms with Crippen LogP contribution in [0.3, 0.4) is 0 Å². The third kappa shape index (κ3) is 2.18. The van der Waals surface area contributed by atoms with Crippen molar-refractivity contribution < 1.29 is 0 Å². The Morgan fingerprint density at radius 1 is 1.22 bits per heavy atom. The number of aromatic nitrogens is 1. The summed E-state index contributed by atoms with van der Waals surface area (Å²) in [4.78, 5) is 4.81. The van der Waals surface area contributed by atoms with Gasteiger partial charge in [-0.25, -0.2) is 0 Å². The van der Waals surface area contributed by atoms with Gasteiger partial charge in [-0.2, -0.15) is 0 Å². The van der Waals surface area contributed by atoms with Crippen LogP contribution in [-0.4, -0.2) is 4.98 Å². The third-order valence-electron chi connectivity index (χ3n) is 3.66. The maximum absolute atomic E-state index is 6.16. The van der Waals surface area contributed by atoms with E-state index in [9.17, 15) is 0 Å². The molecule has 0 bridgehead atoms. The van der Waals surface area contributed by atoms with Crippen molar-refractivity contribution in [2.75, 3.05) is 5.73 Å². The first-order valence-electron chi connectivity index (χ1n) is 6.20. The molecule has 4 heteroatoms. The van der Waals surface area contributed by atoms with Gasteiger partial charge in [0.25, 0.3) is 0 Å². The molecule has 0 unspecified atom stereocenters. The lowest BCUT2D eigenvalue weighted by Crippen LogP contribution is -2.01. The molecule has 1 saturated carbocycles. The highest BCUT2D eigenvalue weighted by Gasteiger charge is 2.20. The van der Waals surface area contributed by atoms with E-state index in [1.807, 2.05) is 18.2 Å². The maximum atomic E-state index is 6.16. The van der Waals surface area contributed by atoms with E-state index in [4.69, 9.17) is 22.3 Å². The fourth-order valence-corrected chi connectivity index (χ4v) is 3.88. The molecule has 1 aliphatic carbocycles. The number of anilines is 1. The lowest BCUT2D eigenvalue weighted by Gasteiger charge is -2.12. The Bertz CT molecular complexity index is 606. The van der Waals surface area contributed by atoms with Crippen LogP contribution in [0.15, 0.2) is 18.2 Å². The van der Waals surface area contributed by atoms with Gasteiger partial charge in [0, 0.05) is 31.3 Å². The van der Waals surface area contributed by atoms with Crippen LogP contribution in [0, 0.1) is 3.57 Å². The zero-order valence-corrected chi connectivity index (χ0v) is 12.8. The molecule has 1 aliphatic rings. The van der Waals surface area contributed by atoms with Crippen molar-refractivity contribution in [3.8, 4) is 0 Å². The van der Waals surface area contributed by atoms with Gasteiger partial charge < -0.3 is 5.73 Å². The molecule has 0 saturated heterocycles. The molecule has 1 fully saturated rings. The van der Waals surface area contributed by atoms with Crippen molar-refractivity contribution in [1.82, 2.24) is 4.98 Å². The van der Waals surface area contributed by atoms with Gasteiger partial charge in [-0.15, -0.1) is 0 Å². The smallest absolute Gasteiger partial charge is 0.0860 e. The maximum Gasteiger partial charge on any atom is 0.0860 e. The van der Waals surface area contributed by atoms with Crippen LogP contribution in [-0.2, 0) is 0 Å². The van der Waals surface area contributed by atoms with Gasteiger partial charge in [0.2, 0.25) is 0 Å². The number of hydrogen-bond donors (Lipinski definition) is 1. The number of pyridine rings is 1. The van der Waals surface area contributed by atoms with Crippen LogP contribution < -0.4 is 5.73 Å². The highest BCUT2D eigenvalue weighted by Crippen LogP contribution is 2.36. The number of benzene rings is 1. The first-order valence-corrected chi connectivity index (χ1v) is 7.66. The Morgan fingerprint density at radius 2 is 1.94 bits per heavy atom. The lowest BCUT2D eigenvalue weighted by molar-refractivity contribution is 0.701. The van der Waals surface area contributed by atoms with E-state index in [2.05, 4.69) is 22.6 Å². The SMILES string of the molecule is Nc1cc(C2CCCC2)nc2c(I)cc(Cl)cc12. The lowest BCUT2D eigenvalue weighted by atomic mass is 10.0. The fourth-order valence-electron chi connectivity index (χ4n) is 2.73. The molecule has 1 heterocycles. The van der Waals surface area contributed by atoms with Crippen LogP contribution >= 0.6 is 34.2 Å². The molecule has 2 N–H and O–H groups in total. The molecule has 0 amide bonds. The van der Waals surface area contributed by atoms with Gasteiger partial charge in [0.05, 0.1) is 5.52 Å². The number of nitrogens with zero attached hydrogens (tertiary/aromatic N) is 1. The standard InChI is InChI=1S/C14H14ClIN2/c15-9-5-10-12(17)7-13(8-3-1-2-4-8)18-14(10)11(16)6-9/h5-8H,1-4H2,(H2,17,18). The zero-order valence-electron chi connectivity index (χ0n) is 9.92. The number of hydrogen-bond acceptors (Lipinski definition) is 2. The van der Waals surface area contributed by atoms with Crippen molar-refractivity contribution in [3.63, 3.8) is 0 Å². The molecule has 94 valence electrons. The van der Waals surface area contributed by atoms with Crippen LogP contribution in [0.25, 0.3) is 10.9 Å². The van der Waals surface area contributed by atoms with Crippen molar-refractivity contribution in [1.29, 1.82) is 0 Å². The summed E-state index contributed by atoms with van der Waals surface area (Å²) in [5, 5.41) is 1.68. The van der Waals surface area contributed by atoms with Crippen LogP contribution in [0.4, 0.5) is 5.69 Å². The van der Waals surface area contributed by atoms with Gasteiger partial charge in [0.15, 0.2) is 0 Å². The molecular formula is C14H14ClIN2. The molecule has 3 rings (SSSR count). The Labute approximate surface area is 125 Å². The molecular weight excluding hydrogens is 359 g/mol. The third-order valence-corrected chi connectivity index (χ3v) is 4.70. The van der Waals surface area contributed by atoms with Crippen LogP contribution in [0.1, 0.15) is 37.3 Å². The summed E-state index contributed by atoms with van der Waals surface area (Å²) < 4.78 is 1.07. The minimum atomic E-state index is 0.586. The average molecular weight is 373 g/mol. The van der Waals surface area contributed by atoms with Gasteiger partial charge >= 0.3 is 0 Å². The van der Waals surface area contributed by atoms with E-state index in [0.29, 0.717) is 10.9 Å². The number of halogens is 2. The van der Waals surface area contributed by atoms with Gasteiger partial charge in [-0.05, 0) is 53.6 Å². The second kappa shape index (κ2) is 4.85. The molecule has 0 spiro atoms. The van der Waals surface area contributed by atoms with E-state index >= 15 is 0 Å². The fraction of sp³-hybridized carbons (Fsp3) is 0.357. The predicted molar refractivity (Wildman–Crippen MR) is 85.1 cm³/mol. The highest BCUT2D eigenvalue weighted by molar-refractivity contribution is 14.1. The van der Waals surface area contributed by atoms with E-state index in [1.165, 1.54) is 25.7 Å². The summed E-state index contributed by atoms with van der Waals surface area (Å²) in [7, 11) is 0. The van der Waals surface area contributed by atoms with E-state index < -0.39 is 0 Å². The van der Waals surface area contributed by atoms with Crippen molar-refractivity contribution in [2.24, 2.45) is 0 Å². The van der Waals surface area contributed by atoms with Gasteiger partial charge in [-0.1, -0.05) is 24.4 Å². The molecule has 2 nitrogen and oxygen atoms in total. The molecule has 0 atom stereocenters. The van der Waals surface area contributed by atoms with E-state index in [1.54, 1.807) is 0 Å². The van der Waals surface area contributed by atoms with Crippen molar-refractivity contribution >= 4 is 50.8 Å². The Morgan fingerprint density at radius 3 is 2.67 bits per heavy atom. The summed E-state index contributed by atoms with van der Waals surface area (Å²) in [6.07, 6.45) is 5.09. The summed E-state index contributed by atoms with van der Waals surface area (Å²) in [5.74, 6) is 0.586. The predicted octanol–water partition coefficient (Wildman–Crippen LogP) is 4.73. The van der Waals surface area contributed by atoms with Crippen LogP contribution in [0.5, 0.6) is 0 Å². The quantitative estimate of drug-likeness (QED) is 0.735. The Balaban J connectivity index is 2.20. The number of nitrogens with two attached hydrogens (primary N) is 1. The average Bonchev–Trinajstić information content (AvgIpc) is 2.83. The van der Waals surface area contributed by atoms with Gasteiger partial charge in [-0.3, -0.25) is 4.98 Å². The second-order valence-corrected chi connectivity index (χ2v) is 6.50. The molecule has 1 aromatic heterocycles. The first-order chi connectivity index (χ1) is 8.65. The largest absolute Gasteiger partial charge is 0.398 e. The molecule has 18 heavy (non-hydrogen) atoms. The highest BCUT2D eigenvalue weighted by atomic mass is 127. The summed E-state index contributed by atoms with van der Waals surface area (Å²) in [5.41, 5.74) is 9.09. The zero-order chi connectivity index (χ0) is 12.7. The Kier molecular flexibility index (Phi) is 3.36. The monoisotopic (exact) mass is 372 g/mol. The normalized spacial score (nSPS) is 16.6. The van der Waals surface area contributed by atoms with Crippen LogP contribution in [0.2, 0.25) is 5.02 Å². The number of fused-ring (bicyclic) bond motifs is 1. The summed E-state index contributed by atoms with van der Waals surface area (Å²) in [6, 6.07) is 5.87. The van der Waals surface area contributed by atoms with E-state index in [0.717, 1.165) is 25.9 Å². The number of rotatable bonds is 1. The molecule has 2 aromatic rings. The molecule has 1 aromatic carbocycles. The topological polar surface area (TPSA) is 38.9 Å². The minimum Gasteiger partial charge on any atom is -0.398 e. The molecule has 0 aliphatic heterocycles. The van der Waals surface area contributed by atoms with E-state index in [-0.39, 0.29) is 0 Å². The second-order valence-electron chi connectivity index (χ2n) is 4.90. The van der Waals surface area contributed by atoms with Crippen molar-refractivity contribution in [2.45, 2.75) is 31.6 Å². The Hall–Kier alpha value is -0.550. The number of nitrogen functional groups attached to an aromatic ring is 1. The van der Waals surface area contributed by atoms with Crippen molar-refractivity contribution in [3.05, 3.63) is 32.5 Å². The minimum absolute atomic E-state index is 0.586. The van der Waals surface area contributed by atoms with Gasteiger partial charge in [0.1, 0.15) is 0 Å². The summed E-state index contributed by atoms with van der Waals surface area (Å²) in [6.45, 7) is 0. The summed E-state index contributed by atoms with van der Waals surface area (Å²) >= 11 is 8.35. The first kappa shape index (κ1) is 12.5.